The molecule has 1 saturated heterocycles. The van der Waals surface area contributed by atoms with Gasteiger partial charge in [-0.25, -0.2) is 8.78 Å². The van der Waals surface area contributed by atoms with Gasteiger partial charge in [0.25, 0.3) is 0 Å². The summed E-state index contributed by atoms with van der Waals surface area (Å²) in [6.45, 7) is 0.593. The van der Waals surface area contributed by atoms with E-state index in [4.69, 9.17) is 5.11 Å². The Balaban J connectivity index is 1.68. The van der Waals surface area contributed by atoms with Crippen LogP contribution in [0.2, 0.25) is 0 Å². The van der Waals surface area contributed by atoms with Crippen molar-refractivity contribution in [3.63, 3.8) is 0 Å². The molecule has 1 aliphatic carbocycles. The van der Waals surface area contributed by atoms with Gasteiger partial charge in [0.05, 0.1) is 5.92 Å². The van der Waals surface area contributed by atoms with Crippen molar-refractivity contribution >= 4 is 11.9 Å². The second-order valence-corrected chi connectivity index (χ2v) is 5.69. The molecule has 0 aromatic heterocycles. The van der Waals surface area contributed by atoms with E-state index in [9.17, 15) is 18.4 Å². The number of hydrogen-bond donors (Lipinski definition) is 1. The first-order chi connectivity index (χ1) is 9.99. The first-order valence-electron chi connectivity index (χ1n) is 6.94. The number of halogens is 2. The zero-order chi connectivity index (χ0) is 15.1. The van der Waals surface area contributed by atoms with Crippen molar-refractivity contribution in [2.24, 2.45) is 11.8 Å². The number of rotatable bonds is 3. The summed E-state index contributed by atoms with van der Waals surface area (Å²) in [7, 11) is 0. The lowest BCUT2D eigenvalue weighted by atomic mass is 10.1. The van der Waals surface area contributed by atoms with Crippen LogP contribution < -0.4 is 0 Å². The Labute approximate surface area is 120 Å². The quantitative estimate of drug-likeness (QED) is 0.928. The molecule has 1 aromatic carbocycles. The fraction of sp³-hybridized carbons (Fsp3) is 0.467. The predicted molar refractivity (Wildman–Crippen MR) is 69.5 cm³/mol. The van der Waals surface area contributed by atoms with Crippen LogP contribution in [0.1, 0.15) is 24.3 Å². The van der Waals surface area contributed by atoms with Crippen LogP contribution in [0.3, 0.4) is 0 Å². The molecule has 112 valence electrons. The fourth-order valence-electron chi connectivity index (χ4n) is 3.05. The van der Waals surface area contributed by atoms with Gasteiger partial charge in [-0.15, -0.1) is 0 Å². The Morgan fingerprint density at radius 2 is 1.90 bits per heavy atom. The van der Waals surface area contributed by atoms with Crippen LogP contribution in [0, 0.1) is 23.5 Å². The number of nitrogens with zero attached hydrogens (tertiary/aromatic N) is 1. The number of carboxylic acid groups (broad SMARTS) is 1. The SMILES string of the molecule is O=C(O)[C@@H]1CCN(C(=O)[C@H]2C[C@@H]2c2c(F)cccc2F)C1. The van der Waals surface area contributed by atoms with Crippen LogP contribution in [0.15, 0.2) is 18.2 Å². The van der Waals surface area contributed by atoms with Crippen molar-refractivity contribution in [3.05, 3.63) is 35.4 Å². The lowest BCUT2D eigenvalue weighted by Gasteiger charge is -2.16. The first kappa shape index (κ1) is 14.0. The molecule has 0 unspecified atom stereocenters. The van der Waals surface area contributed by atoms with Crippen LogP contribution in [0.4, 0.5) is 8.78 Å². The summed E-state index contributed by atoms with van der Waals surface area (Å²) < 4.78 is 27.4. The minimum absolute atomic E-state index is 0.0233. The van der Waals surface area contributed by atoms with E-state index in [2.05, 4.69) is 0 Å². The summed E-state index contributed by atoms with van der Waals surface area (Å²) in [5.74, 6) is -3.73. The zero-order valence-corrected chi connectivity index (χ0v) is 11.3. The topological polar surface area (TPSA) is 57.6 Å². The smallest absolute Gasteiger partial charge is 0.308 e. The van der Waals surface area contributed by atoms with Crippen LogP contribution >= 0.6 is 0 Å². The first-order valence-corrected chi connectivity index (χ1v) is 6.94. The van der Waals surface area contributed by atoms with Gasteiger partial charge in [0.15, 0.2) is 0 Å². The zero-order valence-electron chi connectivity index (χ0n) is 11.3. The van der Waals surface area contributed by atoms with Crippen molar-refractivity contribution in [1.82, 2.24) is 4.90 Å². The number of hydrogen-bond acceptors (Lipinski definition) is 2. The third kappa shape index (κ3) is 2.50. The van der Waals surface area contributed by atoms with Crippen LogP contribution in [0.25, 0.3) is 0 Å². The van der Waals surface area contributed by atoms with E-state index >= 15 is 0 Å². The molecule has 3 atom stereocenters. The maximum absolute atomic E-state index is 13.7. The van der Waals surface area contributed by atoms with Crippen molar-refractivity contribution in [1.29, 1.82) is 0 Å². The standard InChI is InChI=1S/C15H15F2NO3/c16-11-2-1-3-12(17)13(11)9-6-10(9)14(19)18-5-4-8(7-18)15(20)21/h1-3,8-10H,4-7H2,(H,20,21)/t8-,9+,10+/m1/s1. The Hall–Kier alpha value is -1.98. The molecule has 1 heterocycles. The number of amides is 1. The van der Waals surface area contributed by atoms with Crippen LogP contribution in [-0.2, 0) is 9.59 Å². The highest BCUT2D eigenvalue weighted by atomic mass is 19.1. The third-order valence-corrected chi connectivity index (χ3v) is 4.33. The minimum atomic E-state index is -0.905. The van der Waals surface area contributed by atoms with E-state index in [1.807, 2.05) is 0 Å². The molecular weight excluding hydrogens is 280 g/mol. The van der Waals surface area contributed by atoms with Gasteiger partial charge in [0.1, 0.15) is 11.6 Å². The van der Waals surface area contributed by atoms with Gasteiger partial charge in [-0.2, -0.15) is 0 Å². The maximum Gasteiger partial charge on any atom is 0.308 e. The third-order valence-electron chi connectivity index (χ3n) is 4.33. The molecule has 4 nitrogen and oxygen atoms in total. The molecule has 0 bridgehead atoms. The Bertz CT molecular complexity index is 584. The van der Waals surface area contributed by atoms with Crippen LogP contribution in [-0.4, -0.2) is 35.0 Å². The molecule has 2 aliphatic rings. The number of likely N-dealkylation sites (tertiary alicyclic amines) is 1. The van der Waals surface area contributed by atoms with Crippen molar-refractivity contribution in [3.8, 4) is 0 Å². The molecule has 6 heteroatoms. The molecule has 1 aromatic rings. The van der Waals surface area contributed by atoms with Crippen molar-refractivity contribution < 1.29 is 23.5 Å². The molecule has 0 radical (unpaired) electrons. The molecule has 1 amide bonds. The van der Waals surface area contributed by atoms with E-state index in [1.54, 1.807) is 0 Å². The largest absolute Gasteiger partial charge is 0.481 e. The Morgan fingerprint density at radius 1 is 1.24 bits per heavy atom. The molecule has 1 aliphatic heterocycles. The van der Waals surface area contributed by atoms with Crippen molar-refractivity contribution in [2.75, 3.05) is 13.1 Å². The highest BCUT2D eigenvalue weighted by Gasteiger charge is 2.49. The van der Waals surface area contributed by atoms with E-state index in [0.29, 0.717) is 19.4 Å². The average molecular weight is 295 g/mol. The monoisotopic (exact) mass is 295 g/mol. The second-order valence-electron chi connectivity index (χ2n) is 5.69. The Morgan fingerprint density at radius 3 is 2.48 bits per heavy atom. The summed E-state index contributed by atoms with van der Waals surface area (Å²) in [5.41, 5.74) is -0.0233. The van der Waals surface area contributed by atoms with Gasteiger partial charge < -0.3 is 10.0 Å². The van der Waals surface area contributed by atoms with E-state index in [0.717, 1.165) is 0 Å². The summed E-state index contributed by atoms with van der Waals surface area (Å²) >= 11 is 0. The molecule has 2 fully saturated rings. The van der Waals surface area contributed by atoms with E-state index in [-0.39, 0.29) is 18.0 Å². The van der Waals surface area contributed by atoms with Gasteiger partial charge in [0, 0.05) is 30.5 Å². The number of benzene rings is 1. The Kier molecular flexibility index (Phi) is 3.39. The summed E-state index contributed by atoms with van der Waals surface area (Å²) in [4.78, 5) is 24.7. The maximum atomic E-state index is 13.7. The van der Waals surface area contributed by atoms with Gasteiger partial charge in [0.2, 0.25) is 5.91 Å². The molecule has 3 rings (SSSR count). The molecule has 21 heavy (non-hydrogen) atoms. The molecule has 0 spiro atoms. The van der Waals surface area contributed by atoms with Crippen molar-refractivity contribution in [2.45, 2.75) is 18.8 Å². The number of carboxylic acids is 1. The summed E-state index contributed by atoms with van der Waals surface area (Å²) in [5, 5.41) is 8.93. The summed E-state index contributed by atoms with van der Waals surface area (Å²) in [6, 6.07) is 3.68. The average Bonchev–Trinajstić information content (AvgIpc) is 3.03. The van der Waals surface area contributed by atoms with Gasteiger partial charge in [-0.1, -0.05) is 6.07 Å². The summed E-state index contributed by atoms with van der Waals surface area (Å²) in [6.07, 6.45) is 0.859. The van der Waals surface area contributed by atoms with Gasteiger partial charge in [-0.3, -0.25) is 9.59 Å². The minimum Gasteiger partial charge on any atom is -0.481 e. The lowest BCUT2D eigenvalue weighted by molar-refractivity contribution is -0.141. The van der Waals surface area contributed by atoms with E-state index in [1.165, 1.54) is 23.1 Å². The highest BCUT2D eigenvalue weighted by Crippen LogP contribution is 2.50. The van der Waals surface area contributed by atoms with Crippen LogP contribution in [0.5, 0.6) is 0 Å². The highest BCUT2D eigenvalue weighted by molar-refractivity contribution is 5.84. The predicted octanol–water partition coefficient (Wildman–Crippen LogP) is 2.00. The fourth-order valence-corrected chi connectivity index (χ4v) is 3.05. The number of carbonyl (C=O) groups is 2. The normalized spacial score (nSPS) is 27.7. The molecule has 1 saturated carbocycles. The number of aliphatic carboxylic acids is 1. The second kappa shape index (κ2) is 5.09. The number of carbonyl (C=O) groups excluding carboxylic acids is 1. The van der Waals surface area contributed by atoms with Gasteiger partial charge in [-0.05, 0) is 25.0 Å². The molecule has 1 N–H and O–H groups in total. The molecular formula is C15H15F2NO3. The lowest BCUT2D eigenvalue weighted by Crippen LogP contribution is -2.31. The van der Waals surface area contributed by atoms with E-state index < -0.39 is 35.4 Å². The van der Waals surface area contributed by atoms with Gasteiger partial charge >= 0.3 is 5.97 Å².